The molecule has 0 aliphatic heterocycles. The lowest BCUT2D eigenvalue weighted by atomic mass is 9.94. The number of nitrogens with one attached hydrogen (secondary N) is 1. The van der Waals surface area contributed by atoms with E-state index in [2.05, 4.69) is 28.2 Å². The van der Waals surface area contributed by atoms with Crippen LogP contribution in [0.25, 0.3) is 0 Å². The van der Waals surface area contributed by atoms with Crippen LogP contribution in [0.1, 0.15) is 37.5 Å². The van der Waals surface area contributed by atoms with Gasteiger partial charge in [-0.2, -0.15) is 0 Å². The molecule has 0 aromatic carbocycles. The van der Waals surface area contributed by atoms with Crippen molar-refractivity contribution in [2.45, 2.75) is 38.1 Å². The first kappa shape index (κ1) is 14.0. The summed E-state index contributed by atoms with van der Waals surface area (Å²) in [5.74, 6) is 0.504. The maximum Gasteiger partial charge on any atom is 0.228 e. The number of carbonyl (C=O) groups excluding carboxylic acids is 1. The van der Waals surface area contributed by atoms with Gasteiger partial charge in [0.1, 0.15) is 0 Å². The third-order valence-electron chi connectivity index (χ3n) is 3.73. The highest BCUT2D eigenvalue weighted by atomic mass is 79.9. The summed E-state index contributed by atoms with van der Waals surface area (Å²) in [6, 6.07) is 3.97. The molecule has 0 bridgehead atoms. The van der Waals surface area contributed by atoms with E-state index in [1.54, 1.807) is 11.3 Å². The number of hydrogen-bond donors (Lipinski definition) is 2. The molecule has 1 heterocycles. The Morgan fingerprint density at radius 3 is 2.78 bits per heavy atom. The minimum Gasteiger partial charge on any atom is -0.349 e. The van der Waals surface area contributed by atoms with Gasteiger partial charge in [-0.05, 0) is 60.7 Å². The van der Waals surface area contributed by atoms with Crippen LogP contribution in [0, 0.1) is 5.92 Å². The van der Waals surface area contributed by atoms with Crippen LogP contribution in [-0.2, 0) is 4.79 Å². The van der Waals surface area contributed by atoms with Crippen molar-refractivity contribution >= 4 is 33.2 Å². The molecule has 1 aromatic heterocycles. The summed E-state index contributed by atoms with van der Waals surface area (Å²) in [5, 5.41) is 3.14. The van der Waals surface area contributed by atoms with Crippen LogP contribution < -0.4 is 11.1 Å². The number of thiophene rings is 1. The van der Waals surface area contributed by atoms with E-state index in [-0.39, 0.29) is 17.4 Å². The number of hydrogen-bond acceptors (Lipinski definition) is 3. The molecule has 1 fully saturated rings. The Kier molecular flexibility index (Phi) is 4.14. The zero-order chi connectivity index (χ0) is 13.3. The second-order valence-corrected chi connectivity index (χ2v) is 7.74. The van der Waals surface area contributed by atoms with Crippen molar-refractivity contribution in [3.63, 3.8) is 0 Å². The van der Waals surface area contributed by atoms with Crippen molar-refractivity contribution in [3.8, 4) is 0 Å². The summed E-state index contributed by atoms with van der Waals surface area (Å²) < 4.78 is 1.06. The van der Waals surface area contributed by atoms with Gasteiger partial charge in [-0.15, -0.1) is 11.3 Å². The summed E-state index contributed by atoms with van der Waals surface area (Å²) in [6.45, 7) is 4.50. The molecule has 1 amide bonds. The smallest absolute Gasteiger partial charge is 0.228 e. The Bertz CT molecular complexity index is 444. The van der Waals surface area contributed by atoms with Crippen molar-refractivity contribution in [2.75, 3.05) is 6.54 Å². The first-order valence-electron chi connectivity index (χ1n) is 6.23. The highest BCUT2D eigenvalue weighted by molar-refractivity contribution is 9.11. The third kappa shape index (κ3) is 2.95. The Morgan fingerprint density at radius 2 is 2.33 bits per heavy atom. The maximum atomic E-state index is 12.3. The van der Waals surface area contributed by atoms with Crippen LogP contribution in [0.2, 0.25) is 0 Å². The predicted molar refractivity (Wildman–Crippen MR) is 78.8 cm³/mol. The molecule has 0 saturated heterocycles. The Balaban J connectivity index is 2.03. The summed E-state index contributed by atoms with van der Waals surface area (Å²) in [7, 11) is 0. The molecule has 3 N–H and O–H groups in total. The predicted octanol–water partition coefficient (Wildman–Crippen LogP) is 2.86. The fourth-order valence-electron chi connectivity index (χ4n) is 2.12. The van der Waals surface area contributed by atoms with E-state index < -0.39 is 0 Å². The number of carbonyl (C=O) groups is 1. The lowest BCUT2D eigenvalue weighted by Crippen LogP contribution is -2.54. The molecule has 3 nitrogen and oxygen atoms in total. The zero-order valence-corrected chi connectivity index (χ0v) is 13.1. The van der Waals surface area contributed by atoms with Crippen molar-refractivity contribution in [3.05, 3.63) is 20.8 Å². The fourth-order valence-corrected chi connectivity index (χ4v) is 3.59. The van der Waals surface area contributed by atoms with Crippen molar-refractivity contribution in [1.29, 1.82) is 0 Å². The van der Waals surface area contributed by atoms with Gasteiger partial charge in [0.05, 0.1) is 15.2 Å². The highest BCUT2D eigenvalue weighted by Gasteiger charge is 2.42. The first-order chi connectivity index (χ1) is 8.46. The number of halogens is 1. The molecule has 5 heteroatoms. The normalized spacial score (nSPS) is 20.2. The number of rotatable bonds is 5. The molecule has 2 unspecified atom stereocenters. The van der Waals surface area contributed by atoms with E-state index in [9.17, 15) is 4.79 Å². The van der Waals surface area contributed by atoms with Gasteiger partial charge in [0.15, 0.2) is 0 Å². The van der Waals surface area contributed by atoms with E-state index in [1.807, 2.05) is 19.1 Å². The highest BCUT2D eigenvalue weighted by Crippen LogP contribution is 2.39. The Hall–Kier alpha value is -0.390. The minimum atomic E-state index is -0.236. The third-order valence-corrected chi connectivity index (χ3v) is 5.53. The second-order valence-electron chi connectivity index (χ2n) is 5.25. The lowest BCUT2D eigenvalue weighted by Gasteiger charge is -2.30. The van der Waals surface area contributed by atoms with Gasteiger partial charge in [-0.25, -0.2) is 0 Å². The standard InChI is InChI=1S/C13H19BrN2OS/c1-8(10-5-6-11(14)18-10)12(17)16-13(2,7-15)9-3-4-9/h5-6,8-9H,3-4,7,15H2,1-2H3,(H,16,17). The molecule has 2 atom stereocenters. The van der Waals surface area contributed by atoms with Crippen molar-refractivity contribution < 1.29 is 4.79 Å². The zero-order valence-electron chi connectivity index (χ0n) is 10.7. The monoisotopic (exact) mass is 330 g/mol. The summed E-state index contributed by atoms with van der Waals surface area (Å²) in [4.78, 5) is 13.4. The largest absolute Gasteiger partial charge is 0.349 e. The van der Waals surface area contributed by atoms with Crippen molar-refractivity contribution in [1.82, 2.24) is 5.32 Å². The SMILES string of the molecule is CC(C(=O)NC(C)(CN)C1CC1)c1ccc(Br)s1. The summed E-state index contributed by atoms with van der Waals surface area (Å²) in [5.41, 5.74) is 5.58. The molecule has 1 aliphatic carbocycles. The van der Waals surface area contributed by atoms with E-state index in [0.717, 1.165) is 8.66 Å². The Labute approximate surface area is 120 Å². The van der Waals surface area contributed by atoms with Gasteiger partial charge < -0.3 is 11.1 Å². The molecule has 2 rings (SSSR count). The van der Waals surface area contributed by atoms with E-state index in [0.29, 0.717) is 12.5 Å². The first-order valence-corrected chi connectivity index (χ1v) is 7.84. The molecule has 1 aliphatic rings. The maximum absolute atomic E-state index is 12.3. The van der Waals surface area contributed by atoms with Crippen LogP contribution in [0.3, 0.4) is 0 Å². The molecule has 0 radical (unpaired) electrons. The van der Waals surface area contributed by atoms with E-state index in [4.69, 9.17) is 5.73 Å². The molecular formula is C13H19BrN2OS. The summed E-state index contributed by atoms with van der Waals surface area (Å²) >= 11 is 5.03. The number of amides is 1. The molecule has 100 valence electrons. The van der Waals surface area contributed by atoms with Crippen LogP contribution in [0.5, 0.6) is 0 Å². The minimum absolute atomic E-state index is 0.0733. The van der Waals surface area contributed by atoms with Crippen LogP contribution >= 0.6 is 27.3 Å². The van der Waals surface area contributed by atoms with Gasteiger partial charge in [-0.3, -0.25) is 4.79 Å². The second kappa shape index (κ2) is 5.31. The quantitative estimate of drug-likeness (QED) is 0.872. The summed E-state index contributed by atoms with van der Waals surface area (Å²) in [6.07, 6.45) is 2.35. The van der Waals surface area contributed by atoms with E-state index >= 15 is 0 Å². The number of nitrogens with two attached hydrogens (primary N) is 1. The lowest BCUT2D eigenvalue weighted by molar-refractivity contribution is -0.124. The van der Waals surface area contributed by atoms with Crippen molar-refractivity contribution in [2.24, 2.45) is 11.7 Å². The average molecular weight is 331 g/mol. The van der Waals surface area contributed by atoms with Crippen LogP contribution in [0.4, 0.5) is 0 Å². The molecule has 1 aromatic rings. The molecule has 0 spiro atoms. The molecule has 1 saturated carbocycles. The molecular weight excluding hydrogens is 312 g/mol. The molecule has 18 heavy (non-hydrogen) atoms. The van der Waals surface area contributed by atoms with Gasteiger partial charge in [0.2, 0.25) is 5.91 Å². The van der Waals surface area contributed by atoms with Gasteiger partial charge in [0.25, 0.3) is 0 Å². The van der Waals surface area contributed by atoms with Gasteiger partial charge >= 0.3 is 0 Å². The van der Waals surface area contributed by atoms with Gasteiger partial charge in [0, 0.05) is 11.4 Å². The fraction of sp³-hybridized carbons (Fsp3) is 0.615. The van der Waals surface area contributed by atoms with Crippen LogP contribution in [0.15, 0.2) is 15.9 Å². The van der Waals surface area contributed by atoms with Crippen LogP contribution in [-0.4, -0.2) is 18.0 Å². The average Bonchev–Trinajstić information content (AvgIpc) is 3.11. The topological polar surface area (TPSA) is 55.1 Å². The van der Waals surface area contributed by atoms with Gasteiger partial charge in [-0.1, -0.05) is 0 Å². The van der Waals surface area contributed by atoms with E-state index in [1.165, 1.54) is 12.8 Å². The Morgan fingerprint density at radius 1 is 1.67 bits per heavy atom.